The fraction of sp³-hybridized carbons (Fsp3) is 0.600. The summed E-state index contributed by atoms with van der Waals surface area (Å²) in [7, 11) is 2.97. The number of imide groups is 2. The van der Waals surface area contributed by atoms with Gasteiger partial charge in [0.25, 0.3) is 0 Å². The molecule has 0 aromatic rings. The molecule has 5 aliphatic rings. The molecule has 4 atom stereocenters. The van der Waals surface area contributed by atoms with Crippen molar-refractivity contribution in [2.75, 3.05) is 14.1 Å². The van der Waals surface area contributed by atoms with E-state index < -0.39 is 29.1 Å². The van der Waals surface area contributed by atoms with Crippen molar-refractivity contribution in [3.05, 3.63) is 12.2 Å². The number of carbonyl (C=O) groups excluding carboxylic acids is 4. The summed E-state index contributed by atoms with van der Waals surface area (Å²) in [5.74, 6) is -3.28. The first-order chi connectivity index (χ1) is 9.80. The molecule has 0 radical (unpaired) electrons. The SMILES string of the molecule is CN1C(=O)C2C3C=CC(C)(C2C1=O)C1C(=O)N(C)C(=O)C31. The fourth-order valence-corrected chi connectivity index (χ4v) is 4.94. The molecule has 0 N–H and O–H groups in total. The Bertz CT molecular complexity index is 606. The fourth-order valence-electron chi connectivity index (χ4n) is 4.94. The molecule has 2 heterocycles. The van der Waals surface area contributed by atoms with Gasteiger partial charge in [-0.05, 0) is 0 Å². The summed E-state index contributed by atoms with van der Waals surface area (Å²) in [6.07, 6.45) is 3.76. The molecule has 0 spiro atoms. The van der Waals surface area contributed by atoms with Gasteiger partial charge < -0.3 is 0 Å². The summed E-state index contributed by atoms with van der Waals surface area (Å²) in [4.78, 5) is 52.1. The van der Waals surface area contributed by atoms with E-state index in [0.29, 0.717) is 0 Å². The van der Waals surface area contributed by atoms with Crippen molar-refractivity contribution >= 4 is 23.6 Å². The first kappa shape index (κ1) is 12.7. The molecule has 3 fully saturated rings. The number of likely N-dealkylation sites (tertiary alicyclic amines) is 2. The van der Waals surface area contributed by atoms with Crippen molar-refractivity contribution in [3.8, 4) is 0 Å². The Balaban J connectivity index is 1.94. The highest BCUT2D eigenvalue weighted by molar-refractivity contribution is 6.11. The van der Waals surface area contributed by atoms with Gasteiger partial charge >= 0.3 is 0 Å². The summed E-state index contributed by atoms with van der Waals surface area (Å²) in [5, 5.41) is 0. The quantitative estimate of drug-likeness (QED) is 0.451. The average molecular weight is 288 g/mol. The zero-order valence-corrected chi connectivity index (χ0v) is 12.1. The minimum atomic E-state index is -0.751. The lowest BCUT2D eigenvalue weighted by atomic mass is 9.47. The minimum Gasteiger partial charge on any atom is -0.285 e. The van der Waals surface area contributed by atoms with Gasteiger partial charge in [0, 0.05) is 25.4 Å². The van der Waals surface area contributed by atoms with Crippen LogP contribution < -0.4 is 0 Å². The molecule has 4 unspecified atom stereocenters. The molecule has 4 amide bonds. The van der Waals surface area contributed by atoms with Crippen LogP contribution in [0.3, 0.4) is 0 Å². The van der Waals surface area contributed by atoms with Gasteiger partial charge in [0.15, 0.2) is 0 Å². The number of amides is 4. The molecule has 21 heavy (non-hydrogen) atoms. The van der Waals surface area contributed by atoms with E-state index in [1.165, 1.54) is 14.1 Å². The molecule has 2 aliphatic heterocycles. The van der Waals surface area contributed by atoms with Gasteiger partial charge in [-0.1, -0.05) is 19.1 Å². The Labute approximate surface area is 121 Å². The number of hydrogen-bond donors (Lipinski definition) is 0. The molecule has 0 aromatic carbocycles. The van der Waals surface area contributed by atoms with Crippen molar-refractivity contribution in [2.24, 2.45) is 35.0 Å². The number of hydrogen-bond acceptors (Lipinski definition) is 4. The predicted octanol–water partition coefficient (Wildman–Crippen LogP) is -0.346. The maximum absolute atomic E-state index is 12.5. The van der Waals surface area contributed by atoms with E-state index in [-0.39, 0.29) is 29.5 Å². The zero-order valence-electron chi connectivity index (χ0n) is 12.1. The Morgan fingerprint density at radius 1 is 0.857 bits per heavy atom. The Morgan fingerprint density at radius 2 is 1.29 bits per heavy atom. The van der Waals surface area contributed by atoms with Crippen LogP contribution in [0, 0.1) is 35.0 Å². The van der Waals surface area contributed by atoms with Crippen molar-refractivity contribution in [2.45, 2.75) is 6.92 Å². The van der Waals surface area contributed by atoms with Crippen molar-refractivity contribution in [1.82, 2.24) is 9.80 Å². The lowest BCUT2D eigenvalue weighted by Crippen LogP contribution is -2.56. The third kappa shape index (κ3) is 1.13. The van der Waals surface area contributed by atoms with E-state index in [1.54, 1.807) is 0 Å². The van der Waals surface area contributed by atoms with Crippen LogP contribution in [0.2, 0.25) is 0 Å². The largest absolute Gasteiger partial charge is 0.285 e. The second-order valence-electron chi connectivity index (χ2n) is 6.78. The molecular formula is C15H16N2O4. The summed E-state index contributed by atoms with van der Waals surface area (Å²) < 4.78 is 0. The maximum atomic E-state index is 12.5. The van der Waals surface area contributed by atoms with Crippen molar-refractivity contribution < 1.29 is 19.2 Å². The third-order valence-corrected chi connectivity index (χ3v) is 5.99. The van der Waals surface area contributed by atoms with Gasteiger partial charge in [-0.3, -0.25) is 29.0 Å². The van der Waals surface area contributed by atoms with Crippen molar-refractivity contribution in [1.29, 1.82) is 0 Å². The molecule has 1 saturated carbocycles. The molecule has 6 nitrogen and oxygen atoms in total. The van der Waals surface area contributed by atoms with Crippen LogP contribution in [0.4, 0.5) is 0 Å². The summed E-state index contributed by atoms with van der Waals surface area (Å²) in [6.45, 7) is 1.84. The smallest absolute Gasteiger partial charge is 0.233 e. The van der Waals surface area contributed by atoms with Gasteiger partial charge in [-0.25, -0.2) is 0 Å². The van der Waals surface area contributed by atoms with Crippen LogP contribution in [0.1, 0.15) is 6.92 Å². The van der Waals surface area contributed by atoms with Crippen LogP contribution in [0.15, 0.2) is 12.2 Å². The lowest BCUT2D eigenvalue weighted by Gasteiger charge is -2.51. The molecule has 110 valence electrons. The van der Waals surface area contributed by atoms with Crippen LogP contribution in [-0.4, -0.2) is 47.5 Å². The Kier molecular flexibility index (Phi) is 2.08. The van der Waals surface area contributed by atoms with Gasteiger partial charge in [0.05, 0.1) is 23.7 Å². The Hall–Kier alpha value is -1.98. The van der Waals surface area contributed by atoms with Crippen LogP contribution in [0.5, 0.6) is 0 Å². The van der Waals surface area contributed by atoms with Crippen LogP contribution in [0.25, 0.3) is 0 Å². The van der Waals surface area contributed by atoms with Crippen molar-refractivity contribution in [3.63, 3.8) is 0 Å². The molecular weight excluding hydrogens is 272 g/mol. The summed E-state index contributed by atoms with van der Waals surface area (Å²) in [5.41, 5.74) is -0.751. The lowest BCUT2D eigenvalue weighted by molar-refractivity contribution is -0.145. The van der Waals surface area contributed by atoms with E-state index in [0.717, 1.165) is 9.80 Å². The summed E-state index contributed by atoms with van der Waals surface area (Å²) in [6, 6.07) is 0. The molecule has 0 aromatic heterocycles. The summed E-state index contributed by atoms with van der Waals surface area (Å²) >= 11 is 0. The highest BCUT2D eigenvalue weighted by Gasteiger charge is 2.72. The number of nitrogens with zero attached hydrogens (tertiary/aromatic N) is 2. The van der Waals surface area contributed by atoms with E-state index in [1.807, 2.05) is 19.1 Å². The minimum absolute atomic E-state index is 0.223. The predicted molar refractivity (Wildman–Crippen MR) is 70.3 cm³/mol. The van der Waals surface area contributed by atoms with E-state index in [9.17, 15) is 19.2 Å². The average Bonchev–Trinajstić information content (AvgIpc) is 2.83. The first-order valence-electron chi connectivity index (χ1n) is 7.13. The van der Waals surface area contributed by atoms with Gasteiger partial charge in [-0.15, -0.1) is 0 Å². The second-order valence-corrected chi connectivity index (χ2v) is 6.78. The van der Waals surface area contributed by atoms with Gasteiger partial charge in [0.1, 0.15) is 0 Å². The molecule has 2 bridgehead atoms. The van der Waals surface area contributed by atoms with Gasteiger partial charge in [-0.2, -0.15) is 0 Å². The third-order valence-electron chi connectivity index (χ3n) is 5.99. The molecule has 6 heteroatoms. The van der Waals surface area contributed by atoms with Crippen LogP contribution in [-0.2, 0) is 19.2 Å². The normalized spacial score (nSPS) is 47.5. The topological polar surface area (TPSA) is 74.8 Å². The second kappa shape index (κ2) is 3.43. The molecule has 3 aliphatic carbocycles. The highest BCUT2D eigenvalue weighted by Crippen LogP contribution is 2.63. The van der Waals surface area contributed by atoms with Gasteiger partial charge in [0.2, 0.25) is 23.6 Å². The van der Waals surface area contributed by atoms with E-state index in [2.05, 4.69) is 0 Å². The zero-order chi connectivity index (χ0) is 15.3. The number of allylic oxidation sites excluding steroid dienone is 2. The monoisotopic (exact) mass is 288 g/mol. The molecule has 5 rings (SSSR count). The number of rotatable bonds is 0. The van der Waals surface area contributed by atoms with Crippen LogP contribution >= 0.6 is 0 Å². The standard InChI is InChI=1S/C15H16N2O4/c1-15-5-4-6(7-9(15)13(20)16(2)11(7)18)8-10(15)14(21)17(3)12(8)19/h4-10H,1-3H3. The first-order valence-corrected chi connectivity index (χ1v) is 7.13. The number of carbonyl (C=O) groups is 4. The van der Waals surface area contributed by atoms with E-state index in [4.69, 9.17) is 0 Å². The Morgan fingerprint density at radius 3 is 1.71 bits per heavy atom. The highest BCUT2D eigenvalue weighted by atomic mass is 16.2. The maximum Gasteiger partial charge on any atom is 0.233 e. The van der Waals surface area contributed by atoms with E-state index >= 15 is 0 Å². The molecule has 2 saturated heterocycles.